The molecule has 0 N–H and O–H groups in total. The van der Waals surface area contributed by atoms with E-state index in [1.54, 1.807) is 0 Å². The van der Waals surface area contributed by atoms with E-state index < -0.39 is 0 Å². The molecule has 33 heavy (non-hydrogen) atoms. The van der Waals surface area contributed by atoms with Crippen molar-refractivity contribution in [2.45, 2.75) is 6.42 Å². The summed E-state index contributed by atoms with van der Waals surface area (Å²) in [6.45, 7) is 0. The van der Waals surface area contributed by atoms with Crippen LogP contribution in [0.1, 0.15) is 5.56 Å². The predicted molar refractivity (Wildman–Crippen MR) is 147 cm³/mol. The number of aryl methyl sites for hydroxylation is 1. The number of rotatable bonds is 4. The number of fused-ring (bicyclic) bond motifs is 4. The molecule has 0 fully saturated rings. The number of hydrogen-bond donors (Lipinski definition) is 1. The van der Waals surface area contributed by atoms with Crippen molar-refractivity contribution in [3.05, 3.63) is 121 Å². The zero-order chi connectivity index (χ0) is 22.2. The van der Waals surface area contributed by atoms with Crippen LogP contribution in [-0.4, -0.2) is 5.75 Å². The molecule has 0 radical (unpaired) electrons. The number of thiol groups is 1. The first-order valence-corrected chi connectivity index (χ1v) is 12.1. The van der Waals surface area contributed by atoms with Crippen molar-refractivity contribution in [1.82, 2.24) is 0 Å². The molecule has 6 aromatic rings. The Kier molecular flexibility index (Phi) is 5.13. The van der Waals surface area contributed by atoms with Crippen LogP contribution in [0.2, 0.25) is 0 Å². The molecular weight excluding hydrogens is 416 g/mol. The first-order valence-electron chi connectivity index (χ1n) is 11.5. The molecule has 0 nitrogen and oxygen atoms in total. The zero-order valence-corrected chi connectivity index (χ0v) is 19.2. The minimum atomic E-state index is 0.875. The van der Waals surface area contributed by atoms with E-state index in [9.17, 15) is 0 Å². The molecule has 0 unspecified atom stereocenters. The molecule has 0 heterocycles. The summed E-state index contributed by atoms with van der Waals surface area (Å²) >= 11 is 4.36. The molecule has 1 heteroatoms. The summed E-state index contributed by atoms with van der Waals surface area (Å²) in [5.74, 6) is 0.875. The monoisotopic (exact) mass is 440 g/mol. The topological polar surface area (TPSA) is 0 Å². The van der Waals surface area contributed by atoms with Crippen LogP contribution in [0.15, 0.2) is 115 Å². The van der Waals surface area contributed by atoms with Crippen molar-refractivity contribution < 1.29 is 0 Å². The lowest BCUT2D eigenvalue weighted by Gasteiger charge is -2.13. The van der Waals surface area contributed by atoms with Crippen LogP contribution >= 0.6 is 12.6 Å². The van der Waals surface area contributed by atoms with Gasteiger partial charge in [-0.15, -0.1) is 0 Å². The van der Waals surface area contributed by atoms with Gasteiger partial charge in [-0.1, -0.05) is 103 Å². The van der Waals surface area contributed by atoms with Crippen LogP contribution in [-0.2, 0) is 6.42 Å². The van der Waals surface area contributed by atoms with Crippen molar-refractivity contribution in [2.75, 3.05) is 5.75 Å². The average molecular weight is 441 g/mol. The van der Waals surface area contributed by atoms with Crippen molar-refractivity contribution in [3.8, 4) is 22.3 Å². The molecule has 158 valence electrons. The molecule has 0 amide bonds. The molecular formula is C32H24S. The van der Waals surface area contributed by atoms with E-state index in [1.165, 1.54) is 60.1 Å². The lowest BCUT2D eigenvalue weighted by Crippen LogP contribution is -1.88. The maximum Gasteiger partial charge on any atom is -0.00574 e. The summed E-state index contributed by atoms with van der Waals surface area (Å²) in [6.07, 6.45) is 1.00. The summed E-state index contributed by atoms with van der Waals surface area (Å²) < 4.78 is 0. The van der Waals surface area contributed by atoms with E-state index in [1.807, 2.05) is 0 Å². The smallest absolute Gasteiger partial charge is 0.00574 e. The molecule has 6 rings (SSSR count). The highest BCUT2D eigenvalue weighted by molar-refractivity contribution is 7.80. The second-order valence-corrected chi connectivity index (χ2v) is 9.05. The van der Waals surface area contributed by atoms with E-state index in [2.05, 4.69) is 128 Å². The summed E-state index contributed by atoms with van der Waals surface area (Å²) in [4.78, 5) is 0. The van der Waals surface area contributed by atoms with E-state index in [0.29, 0.717) is 0 Å². The van der Waals surface area contributed by atoms with Gasteiger partial charge in [0.05, 0.1) is 0 Å². The fraction of sp³-hybridized carbons (Fsp3) is 0.0625. The number of benzene rings is 6. The van der Waals surface area contributed by atoms with Gasteiger partial charge in [0.25, 0.3) is 0 Å². The maximum atomic E-state index is 4.36. The fourth-order valence-corrected chi connectivity index (χ4v) is 5.23. The van der Waals surface area contributed by atoms with E-state index >= 15 is 0 Å². The Bertz CT molecular complexity index is 1600. The molecule has 0 saturated carbocycles. The molecule has 0 aliphatic carbocycles. The van der Waals surface area contributed by atoms with Crippen LogP contribution in [0.5, 0.6) is 0 Å². The molecule has 6 aromatic carbocycles. The van der Waals surface area contributed by atoms with Gasteiger partial charge in [0.1, 0.15) is 0 Å². The molecule has 0 spiro atoms. The lowest BCUT2D eigenvalue weighted by atomic mass is 9.91. The quantitative estimate of drug-likeness (QED) is 0.158. The van der Waals surface area contributed by atoms with Gasteiger partial charge in [-0.25, -0.2) is 0 Å². The Morgan fingerprint density at radius 3 is 1.91 bits per heavy atom. The largest absolute Gasteiger partial charge is 0.179 e. The van der Waals surface area contributed by atoms with Crippen molar-refractivity contribution in [1.29, 1.82) is 0 Å². The minimum absolute atomic E-state index is 0.875. The van der Waals surface area contributed by atoms with Crippen molar-refractivity contribution in [2.24, 2.45) is 0 Å². The highest BCUT2D eigenvalue weighted by Crippen LogP contribution is 2.37. The zero-order valence-electron chi connectivity index (χ0n) is 18.3. The van der Waals surface area contributed by atoms with Crippen LogP contribution in [0, 0.1) is 0 Å². The Labute approximate surface area is 199 Å². The predicted octanol–water partition coefficient (Wildman–Crippen LogP) is 8.95. The van der Waals surface area contributed by atoms with Crippen LogP contribution in [0.25, 0.3) is 54.6 Å². The Morgan fingerprint density at radius 1 is 0.455 bits per heavy atom. The summed E-state index contributed by atoms with van der Waals surface area (Å²) in [6, 6.07) is 42.1. The van der Waals surface area contributed by atoms with Crippen molar-refractivity contribution >= 4 is 44.9 Å². The molecule has 0 aromatic heterocycles. The fourth-order valence-electron chi connectivity index (χ4n) is 4.97. The summed E-state index contributed by atoms with van der Waals surface area (Å²) in [5, 5.41) is 7.75. The van der Waals surface area contributed by atoms with Gasteiger partial charge in [-0.3, -0.25) is 0 Å². The average Bonchev–Trinajstić information content (AvgIpc) is 2.88. The Balaban J connectivity index is 1.55. The molecule has 0 saturated heterocycles. The molecule has 0 atom stereocenters. The van der Waals surface area contributed by atoms with Gasteiger partial charge in [0, 0.05) is 0 Å². The second-order valence-electron chi connectivity index (χ2n) is 8.60. The summed E-state index contributed by atoms with van der Waals surface area (Å²) in [7, 11) is 0. The van der Waals surface area contributed by atoms with Gasteiger partial charge < -0.3 is 0 Å². The van der Waals surface area contributed by atoms with Gasteiger partial charge in [-0.2, -0.15) is 12.6 Å². The maximum absolute atomic E-state index is 4.36. The van der Waals surface area contributed by atoms with Crippen molar-refractivity contribution in [3.63, 3.8) is 0 Å². The van der Waals surface area contributed by atoms with E-state index in [0.717, 1.165) is 12.2 Å². The first-order chi connectivity index (χ1) is 16.3. The van der Waals surface area contributed by atoms with E-state index in [-0.39, 0.29) is 0 Å². The van der Waals surface area contributed by atoms with Gasteiger partial charge in [-0.05, 0) is 84.4 Å². The SMILES string of the molecule is SCCc1ccc(-c2cccc3c2ccc2cc4c(-c5ccccc5)cccc4cc23)cc1. The molecule has 0 bridgehead atoms. The van der Waals surface area contributed by atoms with Crippen LogP contribution < -0.4 is 0 Å². The van der Waals surface area contributed by atoms with Gasteiger partial charge >= 0.3 is 0 Å². The van der Waals surface area contributed by atoms with Gasteiger partial charge in [0.2, 0.25) is 0 Å². The molecule has 0 aliphatic heterocycles. The highest BCUT2D eigenvalue weighted by atomic mass is 32.1. The second kappa shape index (κ2) is 8.42. The third-order valence-electron chi connectivity index (χ3n) is 6.63. The van der Waals surface area contributed by atoms with Crippen LogP contribution in [0.4, 0.5) is 0 Å². The van der Waals surface area contributed by atoms with E-state index in [4.69, 9.17) is 0 Å². The Morgan fingerprint density at radius 2 is 1.12 bits per heavy atom. The lowest BCUT2D eigenvalue weighted by molar-refractivity contribution is 1.16. The van der Waals surface area contributed by atoms with Crippen LogP contribution in [0.3, 0.4) is 0 Å². The number of hydrogen-bond acceptors (Lipinski definition) is 1. The highest BCUT2D eigenvalue weighted by Gasteiger charge is 2.10. The standard InChI is InChI=1S/C32H24S/c33-19-18-22-12-14-24(15-13-22)27-10-5-11-29-30(27)17-16-26-21-31-25(20-32(26)29)8-4-9-28(31)23-6-2-1-3-7-23/h1-17,20-21,33H,18-19H2. The molecule has 0 aliphatic rings. The third-order valence-corrected chi connectivity index (χ3v) is 6.85. The summed E-state index contributed by atoms with van der Waals surface area (Å²) in [5.41, 5.74) is 6.41. The normalized spacial score (nSPS) is 11.4. The Hall–Kier alpha value is -3.55. The minimum Gasteiger partial charge on any atom is -0.179 e. The van der Waals surface area contributed by atoms with Gasteiger partial charge in [0.15, 0.2) is 0 Å². The first kappa shape index (κ1) is 20.1. The third kappa shape index (κ3) is 3.59.